The number of benzene rings is 3. The maximum Gasteiger partial charge on any atom is 0.258 e. The van der Waals surface area contributed by atoms with Crippen molar-refractivity contribution >= 4 is 11.7 Å². The second-order valence-electron chi connectivity index (χ2n) is 6.65. The lowest BCUT2D eigenvalue weighted by Gasteiger charge is -2.15. The molecule has 4 nitrogen and oxygen atoms in total. The van der Waals surface area contributed by atoms with Crippen LogP contribution in [0.4, 0.5) is 0 Å². The van der Waals surface area contributed by atoms with Crippen LogP contribution in [-0.4, -0.2) is 18.3 Å². The molecule has 0 radical (unpaired) electrons. The van der Waals surface area contributed by atoms with Crippen LogP contribution >= 0.6 is 0 Å². The fourth-order valence-corrected chi connectivity index (χ4v) is 2.90. The monoisotopic (exact) mass is 373 g/mol. The molecule has 0 heterocycles. The maximum atomic E-state index is 12.2. The van der Waals surface area contributed by atoms with Crippen LogP contribution in [0.25, 0.3) is 11.1 Å². The average molecular weight is 373 g/mol. The van der Waals surface area contributed by atoms with Gasteiger partial charge in [-0.2, -0.15) is 0 Å². The molecule has 3 aromatic rings. The van der Waals surface area contributed by atoms with Gasteiger partial charge in [0.05, 0.1) is 6.04 Å². The highest BCUT2D eigenvalue weighted by Crippen LogP contribution is 2.21. The van der Waals surface area contributed by atoms with Crippen LogP contribution in [0.1, 0.15) is 35.8 Å². The molecule has 4 heteroatoms. The Hall–Kier alpha value is -3.40. The van der Waals surface area contributed by atoms with Gasteiger partial charge < -0.3 is 10.1 Å². The van der Waals surface area contributed by atoms with Gasteiger partial charge >= 0.3 is 0 Å². The molecule has 0 saturated heterocycles. The summed E-state index contributed by atoms with van der Waals surface area (Å²) in [4.78, 5) is 23.4. The Kier molecular flexibility index (Phi) is 6.22. The third-order valence-electron chi connectivity index (χ3n) is 4.53. The van der Waals surface area contributed by atoms with E-state index in [1.54, 1.807) is 24.3 Å². The fraction of sp³-hybridized carbons (Fsp3) is 0.167. The van der Waals surface area contributed by atoms with Crippen molar-refractivity contribution in [3.8, 4) is 16.9 Å². The lowest BCUT2D eigenvalue weighted by molar-refractivity contribution is -0.123. The number of ether oxygens (including phenoxy) is 1. The SMILES string of the molecule is CC(=O)c1ccc(OCC(=O)NC(C)c2ccc(-c3ccccc3)cc2)cc1. The Morgan fingerprint density at radius 3 is 2.07 bits per heavy atom. The number of carbonyl (C=O) groups excluding carboxylic acids is 2. The topological polar surface area (TPSA) is 55.4 Å². The molecule has 3 rings (SSSR count). The van der Waals surface area contributed by atoms with Crippen molar-refractivity contribution in [2.45, 2.75) is 19.9 Å². The Bertz CT molecular complexity index is 932. The van der Waals surface area contributed by atoms with Crippen molar-refractivity contribution in [3.63, 3.8) is 0 Å². The zero-order chi connectivity index (χ0) is 19.9. The number of hydrogen-bond acceptors (Lipinski definition) is 3. The summed E-state index contributed by atoms with van der Waals surface area (Å²) < 4.78 is 5.49. The van der Waals surface area contributed by atoms with Gasteiger partial charge in [-0.05, 0) is 54.8 Å². The summed E-state index contributed by atoms with van der Waals surface area (Å²) in [6.45, 7) is 3.38. The number of Topliss-reactive ketones (excluding diaryl/α,β-unsaturated/α-hetero) is 1. The lowest BCUT2D eigenvalue weighted by atomic mass is 10.0. The van der Waals surface area contributed by atoms with Crippen molar-refractivity contribution in [1.29, 1.82) is 0 Å². The van der Waals surface area contributed by atoms with Gasteiger partial charge in [-0.1, -0.05) is 54.6 Å². The molecule has 1 unspecified atom stereocenters. The molecule has 3 aromatic carbocycles. The number of nitrogens with one attached hydrogen (secondary N) is 1. The van der Waals surface area contributed by atoms with E-state index in [2.05, 4.69) is 29.6 Å². The predicted molar refractivity (Wildman–Crippen MR) is 110 cm³/mol. The minimum absolute atomic E-state index is 0.00333. The molecular weight excluding hydrogens is 350 g/mol. The number of rotatable bonds is 7. The molecule has 0 bridgehead atoms. The molecule has 1 N–H and O–H groups in total. The van der Waals surface area contributed by atoms with Crippen molar-refractivity contribution < 1.29 is 14.3 Å². The summed E-state index contributed by atoms with van der Waals surface area (Å²) in [7, 11) is 0. The third-order valence-corrected chi connectivity index (χ3v) is 4.53. The molecule has 0 fully saturated rings. The number of amides is 1. The van der Waals surface area contributed by atoms with E-state index in [1.165, 1.54) is 6.92 Å². The van der Waals surface area contributed by atoms with E-state index in [-0.39, 0.29) is 24.3 Å². The third kappa shape index (κ3) is 5.07. The van der Waals surface area contributed by atoms with E-state index in [0.29, 0.717) is 11.3 Å². The van der Waals surface area contributed by atoms with Crippen LogP contribution in [0.3, 0.4) is 0 Å². The highest BCUT2D eigenvalue weighted by Gasteiger charge is 2.11. The highest BCUT2D eigenvalue weighted by atomic mass is 16.5. The fourth-order valence-electron chi connectivity index (χ4n) is 2.90. The highest BCUT2D eigenvalue weighted by molar-refractivity contribution is 5.94. The summed E-state index contributed by atoms with van der Waals surface area (Å²) in [5, 5.41) is 2.94. The van der Waals surface area contributed by atoms with Gasteiger partial charge in [0.15, 0.2) is 12.4 Å². The van der Waals surface area contributed by atoms with E-state index in [0.717, 1.165) is 16.7 Å². The van der Waals surface area contributed by atoms with Crippen molar-refractivity contribution in [3.05, 3.63) is 90.0 Å². The van der Waals surface area contributed by atoms with E-state index in [1.807, 2.05) is 37.3 Å². The van der Waals surface area contributed by atoms with Gasteiger partial charge in [0.1, 0.15) is 5.75 Å². The molecule has 1 amide bonds. The summed E-state index contributed by atoms with van der Waals surface area (Å²) in [5.41, 5.74) is 3.94. The zero-order valence-electron chi connectivity index (χ0n) is 16.0. The van der Waals surface area contributed by atoms with Crippen LogP contribution in [-0.2, 0) is 4.79 Å². The zero-order valence-corrected chi connectivity index (χ0v) is 16.0. The molecule has 0 spiro atoms. The molecule has 0 aromatic heterocycles. The minimum atomic E-state index is -0.199. The van der Waals surface area contributed by atoms with Crippen LogP contribution in [0.5, 0.6) is 5.75 Å². The Morgan fingerprint density at radius 2 is 1.46 bits per heavy atom. The Balaban J connectivity index is 1.53. The van der Waals surface area contributed by atoms with Crippen molar-refractivity contribution in [2.75, 3.05) is 6.61 Å². The van der Waals surface area contributed by atoms with Gasteiger partial charge in [-0.15, -0.1) is 0 Å². The summed E-state index contributed by atoms with van der Waals surface area (Å²) in [5.74, 6) is 0.353. The Morgan fingerprint density at radius 1 is 0.857 bits per heavy atom. The van der Waals surface area contributed by atoms with E-state index >= 15 is 0 Å². The number of ketones is 1. The van der Waals surface area contributed by atoms with E-state index in [9.17, 15) is 9.59 Å². The standard InChI is InChI=1S/C24H23NO3/c1-17(19-8-10-22(11-9-19)21-6-4-3-5-7-21)25-24(27)16-28-23-14-12-20(13-15-23)18(2)26/h3-15,17H,16H2,1-2H3,(H,25,27). The van der Waals surface area contributed by atoms with Crippen molar-refractivity contribution in [1.82, 2.24) is 5.32 Å². The number of hydrogen-bond donors (Lipinski definition) is 1. The summed E-state index contributed by atoms with van der Waals surface area (Å²) >= 11 is 0. The molecule has 0 aliphatic carbocycles. The predicted octanol–water partition coefficient (Wildman–Crippen LogP) is 4.81. The first-order valence-electron chi connectivity index (χ1n) is 9.21. The smallest absolute Gasteiger partial charge is 0.258 e. The average Bonchev–Trinajstić information content (AvgIpc) is 2.73. The van der Waals surface area contributed by atoms with Gasteiger partial charge in [-0.25, -0.2) is 0 Å². The Labute approximate surface area is 165 Å². The van der Waals surface area contributed by atoms with Crippen LogP contribution in [0.15, 0.2) is 78.9 Å². The summed E-state index contributed by atoms with van der Waals surface area (Å²) in [6.07, 6.45) is 0. The first-order valence-corrected chi connectivity index (χ1v) is 9.21. The largest absolute Gasteiger partial charge is 0.484 e. The molecule has 0 saturated carbocycles. The van der Waals surface area contributed by atoms with Crippen molar-refractivity contribution in [2.24, 2.45) is 0 Å². The molecule has 0 aliphatic heterocycles. The van der Waals surface area contributed by atoms with Crippen LogP contribution in [0.2, 0.25) is 0 Å². The molecule has 0 aliphatic rings. The first kappa shape index (κ1) is 19.4. The van der Waals surface area contributed by atoms with Gasteiger partial charge in [0, 0.05) is 5.56 Å². The van der Waals surface area contributed by atoms with Gasteiger partial charge in [0.2, 0.25) is 0 Å². The number of carbonyl (C=O) groups is 2. The van der Waals surface area contributed by atoms with Crippen LogP contribution < -0.4 is 10.1 Å². The normalized spacial score (nSPS) is 11.5. The molecule has 142 valence electrons. The van der Waals surface area contributed by atoms with E-state index < -0.39 is 0 Å². The quantitative estimate of drug-likeness (QED) is 0.605. The second kappa shape index (κ2) is 9.00. The lowest BCUT2D eigenvalue weighted by Crippen LogP contribution is -2.31. The molecular formula is C24H23NO3. The molecule has 1 atom stereocenters. The van der Waals surface area contributed by atoms with Gasteiger partial charge in [-0.3, -0.25) is 9.59 Å². The first-order chi connectivity index (χ1) is 13.5. The molecule has 28 heavy (non-hydrogen) atoms. The maximum absolute atomic E-state index is 12.2. The minimum Gasteiger partial charge on any atom is -0.484 e. The van der Waals surface area contributed by atoms with Crippen LogP contribution in [0, 0.1) is 0 Å². The summed E-state index contributed by atoms with van der Waals surface area (Å²) in [6, 6.07) is 24.9. The van der Waals surface area contributed by atoms with E-state index in [4.69, 9.17) is 4.74 Å². The van der Waals surface area contributed by atoms with Gasteiger partial charge in [0.25, 0.3) is 5.91 Å². The second-order valence-corrected chi connectivity index (χ2v) is 6.65.